The molecule has 0 saturated heterocycles. The minimum Gasteiger partial charge on any atom is -0.444 e. The molecule has 1 rings (SSSR count). The summed E-state index contributed by atoms with van der Waals surface area (Å²) in [4.78, 5) is 24.7. The van der Waals surface area contributed by atoms with Crippen molar-refractivity contribution in [3.8, 4) is 0 Å². The van der Waals surface area contributed by atoms with E-state index in [0.717, 1.165) is 12.0 Å². The van der Waals surface area contributed by atoms with Crippen LogP contribution in [-0.4, -0.2) is 54.3 Å². The SMILES string of the molecule is CCCN(C(=O)C=CC(Cc1ccccc1)NC(=O)OC(C)(C)C)N(C)C. The monoisotopic (exact) mass is 375 g/mol. The maximum absolute atomic E-state index is 12.5. The highest BCUT2D eigenvalue weighted by atomic mass is 16.6. The molecule has 2 amide bonds. The van der Waals surface area contributed by atoms with Crippen molar-refractivity contribution in [3.63, 3.8) is 0 Å². The highest BCUT2D eigenvalue weighted by Gasteiger charge is 2.19. The van der Waals surface area contributed by atoms with Crippen LogP contribution in [0, 0.1) is 0 Å². The number of rotatable bonds is 8. The fraction of sp³-hybridized carbons (Fsp3) is 0.524. The van der Waals surface area contributed by atoms with E-state index in [9.17, 15) is 9.59 Å². The molecule has 0 radical (unpaired) electrons. The molecule has 0 saturated carbocycles. The molecule has 0 heterocycles. The molecular formula is C21H33N3O3. The van der Waals surface area contributed by atoms with E-state index < -0.39 is 11.7 Å². The van der Waals surface area contributed by atoms with E-state index in [-0.39, 0.29) is 11.9 Å². The van der Waals surface area contributed by atoms with E-state index >= 15 is 0 Å². The van der Waals surface area contributed by atoms with Crippen LogP contribution in [0.1, 0.15) is 39.7 Å². The average molecular weight is 376 g/mol. The first kappa shape index (κ1) is 22.7. The zero-order chi connectivity index (χ0) is 20.4. The third-order valence-electron chi connectivity index (χ3n) is 3.64. The van der Waals surface area contributed by atoms with Crippen molar-refractivity contribution < 1.29 is 14.3 Å². The summed E-state index contributed by atoms with van der Waals surface area (Å²) in [7, 11) is 3.67. The number of alkyl carbamates (subject to hydrolysis) is 1. The number of ether oxygens (including phenoxy) is 1. The topological polar surface area (TPSA) is 61.9 Å². The fourth-order valence-electron chi connectivity index (χ4n) is 2.50. The number of hydrazine groups is 1. The molecule has 0 bridgehead atoms. The Balaban J connectivity index is 2.89. The zero-order valence-corrected chi connectivity index (χ0v) is 17.4. The molecule has 6 heteroatoms. The van der Waals surface area contributed by atoms with Gasteiger partial charge in [0.25, 0.3) is 5.91 Å². The zero-order valence-electron chi connectivity index (χ0n) is 17.4. The van der Waals surface area contributed by atoms with Gasteiger partial charge in [-0.2, -0.15) is 0 Å². The Morgan fingerprint density at radius 2 is 1.81 bits per heavy atom. The first-order chi connectivity index (χ1) is 12.6. The number of carbonyl (C=O) groups is 2. The lowest BCUT2D eigenvalue weighted by Crippen LogP contribution is -2.42. The van der Waals surface area contributed by atoms with Gasteiger partial charge < -0.3 is 10.1 Å². The summed E-state index contributed by atoms with van der Waals surface area (Å²) in [6, 6.07) is 9.47. The summed E-state index contributed by atoms with van der Waals surface area (Å²) in [6.07, 6.45) is 4.17. The summed E-state index contributed by atoms with van der Waals surface area (Å²) < 4.78 is 5.35. The normalized spacial score (nSPS) is 12.9. The summed E-state index contributed by atoms with van der Waals surface area (Å²) in [5.41, 5.74) is 0.484. The standard InChI is InChI=1S/C21H33N3O3/c1-7-15-24(23(5)6)19(25)14-13-18(16-17-11-9-8-10-12-17)22-20(26)27-21(2,3)4/h8-14,18H,7,15-16H2,1-6H3,(H,22,26). The van der Waals surface area contributed by atoms with Crippen LogP contribution in [-0.2, 0) is 16.0 Å². The van der Waals surface area contributed by atoms with Crippen LogP contribution in [0.3, 0.4) is 0 Å². The molecule has 0 fully saturated rings. The van der Waals surface area contributed by atoms with Gasteiger partial charge >= 0.3 is 6.09 Å². The second-order valence-electron chi connectivity index (χ2n) is 7.61. The molecule has 6 nitrogen and oxygen atoms in total. The second-order valence-corrected chi connectivity index (χ2v) is 7.61. The maximum Gasteiger partial charge on any atom is 0.408 e. The van der Waals surface area contributed by atoms with Gasteiger partial charge in [0, 0.05) is 26.7 Å². The van der Waals surface area contributed by atoms with Crippen LogP contribution in [0.2, 0.25) is 0 Å². The molecule has 0 aromatic heterocycles. The summed E-state index contributed by atoms with van der Waals surface area (Å²) in [5.74, 6) is -0.120. The van der Waals surface area contributed by atoms with Crippen molar-refractivity contribution in [2.75, 3.05) is 20.6 Å². The van der Waals surface area contributed by atoms with E-state index in [1.807, 2.05) is 72.1 Å². The molecule has 1 atom stereocenters. The lowest BCUT2D eigenvalue weighted by Gasteiger charge is -2.27. The molecule has 1 N–H and O–H groups in total. The van der Waals surface area contributed by atoms with Crippen molar-refractivity contribution in [1.82, 2.24) is 15.3 Å². The van der Waals surface area contributed by atoms with Gasteiger partial charge in [0.15, 0.2) is 0 Å². The van der Waals surface area contributed by atoms with Crippen molar-refractivity contribution in [2.45, 2.75) is 52.2 Å². The van der Waals surface area contributed by atoms with Crippen LogP contribution in [0.25, 0.3) is 0 Å². The predicted octanol–water partition coefficient (Wildman–Crippen LogP) is 3.39. The highest BCUT2D eigenvalue weighted by Crippen LogP contribution is 2.09. The highest BCUT2D eigenvalue weighted by molar-refractivity contribution is 5.87. The van der Waals surface area contributed by atoms with Gasteiger partial charge in [-0.1, -0.05) is 43.3 Å². The molecule has 1 unspecified atom stereocenters. The molecule has 1 aromatic rings. The van der Waals surface area contributed by atoms with Gasteiger partial charge in [0.1, 0.15) is 5.60 Å². The Labute approximate surface area is 163 Å². The average Bonchev–Trinajstić information content (AvgIpc) is 2.56. The Kier molecular flexibility index (Phi) is 9.02. The van der Waals surface area contributed by atoms with Crippen LogP contribution in [0.4, 0.5) is 4.79 Å². The summed E-state index contributed by atoms with van der Waals surface area (Å²) in [6.45, 7) is 8.11. The summed E-state index contributed by atoms with van der Waals surface area (Å²) in [5, 5.41) is 6.27. The minimum atomic E-state index is -0.580. The minimum absolute atomic E-state index is 0.120. The van der Waals surface area contributed by atoms with Crippen LogP contribution >= 0.6 is 0 Å². The Morgan fingerprint density at radius 1 is 1.19 bits per heavy atom. The lowest BCUT2D eigenvalue weighted by molar-refractivity contribution is -0.139. The van der Waals surface area contributed by atoms with Crippen LogP contribution < -0.4 is 5.32 Å². The third kappa shape index (κ3) is 9.24. The quantitative estimate of drug-likeness (QED) is 0.559. The van der Waals surface area contributed by atoms with Crippen molar-refractivity contribution in [1.29, 1.82) is 0 Å². The maximum atomic E-state index is 12.5. The third-order valence-corrected chi connectivity index (χ3v) is 3.64. The van der Waals surface area contributed by atoms with Crippen molar-refractivity contribution >= 4 is 12.0 Å². The van der Waals surface area contributed by atoms with E-state index in [1.54, 1.807) is 16.1 Å². The van der Waals surface area contributed by atoms with Crippen LogP contribution in [0.15, 0.2) is 42.5 Å². The second kappa shape index (κ2) is 10.7. The van der Waals surface area contributed by atoms with Crippen LogP contribution in [0.5, 0.6) is 0 Å². The Hall–Kier alpha value is -2.34. The van der Waals surface area contributed by atoms with E-state index in [4.69, 9.17) is 4.74 Å². The first-order valence-corrected chi connectivity index (χ1v) is 9.32. The van der Waals surface area contributed by atoms with Crippen molar-refractivity contribution in [2.24, 2.45) is 0 Å². The number of nitrogens with zero attached hydrogens (tertiary/aromatic N) is 2. The molecule has 0 aliphatic carbocycles. The predicted molar refractivity (Wildman–Crippen MR) is 108 cm³/mol. The van der Waals surface area contributed by atoms with E-state index in [0.29, 0.717) is 13.0 Å². The van der Waals surface area contributed by atoms with Gasteiger partial charge in [0.2, 0.25) is 0 Å². The van der Waals surface area contributed by atoms with E-state index in [1.165, 1.54) is 6.08 Å². The van der Waals surface area contributed by atoms with Gasteiger partial charge in [-0.25, -0.2) is 9.80 Å². The number of hydrogen-bond acceptors (Lipinski definition) is 4. The van der Waals surface area contributed by atoms with Gasteiger partial charge in [-0.3, -0.25) is 9.80 Å². The molecule has 0 aliphatic heterocycles. The van der Waals surface area contributed by atoms with E-state index in [2.05, 4.69) is 5.32 Å². The van der Waals surface area contributed by atoms with Crippen molar-refractivity contribution in [3.05, 3.63) is 48.0 Å². The fourth-order valence-corrected chi connectivity index (χ4v) is 2.50. The molecule has 0 spiro atoms. The molecule has 0 aliphatic rings. The Bertz CT molecular complexity index is 621. The molecule has 150 valence electrons. The molecule has 27 heavy (non-hydrogen) atoms. The lowest BCUT2D eigenvalue weighted by atomic mass is 10.1. The van der Waals surface area contributed by atoms with Gasteiger partial charge in [-0.05, 0) is 39.2 Å². The Morgan fingerprint density at radius 3 is 2.33 bits per heavy atom. The number of amides is 2. The molecule has 1 aromatic carbocycles. The summed E-state index contributed by atoms with van der Waals surface area (Å²) >= 11 is 0. The number of nitrogens with one attached hydrogen (secondary N) is 1. The number of hydrogen-bond donors (Lipinski definition) is 1. The number of carbonyl (C=O) groups excluding carboxylic acids is 2. The number of benzene rings is 1. The van der Waals surface area contributed by atoms with Gasteiger partial charge in [0.05, 0.1) is 6.04 Å². The first-order valence-electron chi connectivity index (χ1n) is 9.32. The molecular weight excluding hydrogens is 342 g/mol. The smallest absolute Gasteiger partial charge is 0.408 e. The largest absolute Gasteiger partial charge is 0.444 e. The van der Waals surface area contributed by atoms with Gasteiger partial charge in [-0.15, -0.1) is 0 Å².